The number of nitrogens with one attached hydrogen (secondary N) is 1. The van der Waals surface area contributed by atoms with Crippen LogP contribution in [0.4, 0.5) is 0 Å². The minimum atomic E-state index is -0.768. The zero-order chi connectivity index (χ0) is 21.3. The van der Waals surface area contributed by atoms with E-state index in [-0.39, 0.29) is 5.97 Å². The van der Waals surface area contributed by atoms with Gasteiger partial charge in [-0.25, -0.2) is 4.79 Å². The number of fused-ring (bicyclic) bond motifs is 1. The molecule has 0 unspecified atom stereocenters. The molecule has 4 nitrogen and oxygen atoms in total. The minimum Gasteiger partial charge on any atom is -0.467 e. The van der Waals surface area contributed by atoms with Crippen LogP contribution < -0.4 is 5.32 Å². The molecule has 4 heteroatoms. The summed E-state index contributed by atoms with van der Waals surface area (Å²) < 4.78 is 11.5. The van der Waals surface area contributed by atoms with Gasteiger partial charge < -0.3 is 14.8 Å². The Bertz CT molecular complexity index is 907. The number of ether oxygens (including phenoxy) is 2. The van der Waals surface area contributed by atoms with Crippen molar-refractivity contribution in [3.63, 3.8) is 0 Å². The Morgan fingerprint density at radius 2 is 1.69 bits per heavy atom. The molecule has 1 aliphatic rings. The third kappa shape index (κ3) is 4.39. The van der Waals surface area contributed by atoms with Crippen LogP contribution in [0.25, 0.3) is 11.1 Å². The first kappa shape index (κ1) is 21.5. The van der Waals surface area contributed by atoms with Crippen LogP contribution in [0.1, 0.15) is 60.3 Å². The van der Waals surface area contributed by atoms with E-state index in [1.54, 1.807) is 0 Å². The molecule has 3 rings (SSSR count). The molecule has 0 fully saturated rings. The highest BCUT2D eigenvalue weighted by Crippen LogP contribution is 2.42. The maximum atomic E-state index is 12.9. The van der Waals surface area contributed by atoms with Gasteiger partial charge in [-0.15, -0.1) is 0 Å². The molecule has 0 radical (unpaired) electrons. The molecule has 1 aliphatic heterocycles. The van der Waals surface area contributed by atoms with Crippen molar-refractivity contribution in [1.29, 1.82) is 0 Å². The van der Waals surface area contributed by atoms with Gasteiger partial charge in [-0.2, -0.15) is 0 Å². The summed E-state index contributed by atoms with van der Waals surface area (Å²) in [5, 5.41) is 3.49. The zero-order valence-corrected chi connectivity index (χ0v) is 18.7. The molecule has 0 amide bonds. The Morgan fingerprint density at radius 3 is 2.28 bits per heavy atom. The lowest BCUT2D eigenvalue weighted by atomic mass is 9.80. The minimum absolute atomic E-state index is 0.357. The molecule has 1 N–H and O–H groups in total. The standard InChI is InChI=1S/C25H33NO3/c1-15-8-10-18(11-9-15)21-17(3)20-14-26-13-12-19(20)16(2)22(21)23(24(27)28-7)29-25(4,5)6/h8-11,23,26H,12-14H2,1-7H3/t23-/m0/s1. The lowest BCUT2D eigenvalue weighted by Gasteiger charge is -2.33. The average molecular weight is 396 g/mol. The Kier molecular flexibility index (Phi) is 6.16. The summed E-state index contributed by atoms with van der Waals surface area (Å²) in [4.78, 5) is 12.9. The van der Waals surface area contributed by atoms with Crippen LogP contribution in [0.2, 0.25) is 0 Å². The third-order valence-electron chi connectivity index (χ3n) is 5.66. The molecular weight excluding hydrogens is 362 g/mol. The molecule has 0 saturated heterocycles. The number of rotatable bonds is 4. The van der Waals surface area contributed by atoms with Gasteiger partial charge in [-0.1, -0.05) is 29.8 Å². The van der Waals surface area contributed by atoms with Gasteiger partial charge in [-0.05, 0) is 87.9 Å². The predicted octanol–water partition coefficient (Wildman–Crippen LogP) is 4.95. The maximum absolute atomic E-state index is 12.9. The van der Waals surface area contributed by atoms with E-state index in [1.807, 2.05) is 20.8 Å². The van der Waals surface area contributed by atoms with Crippen molar-refractivity contribution in [3.05, 3.63) is 57.6 Å². The fourth-order valence-electron chi connectivity index (χ4n) is 4.27. The second-order valence-electron chi connectivity index (χ2n) is 8.92. The van der Waals surface area contributed by atoms with E-state index in [1.165, 1.54) is 29.4 Å². The first-order chi connectivity index (χ1) is 13.6. The van der Waals surface area contributed by atoms with Crippen LogP contribution in [0, 0.1) is 20.8 Å². The lowest BCUT2D eigenvalue weighted by molar-refractivity contribution is -0.164. The molecule has 0 saturated carbocycles. The van der Waals surface area contributed by atoms with Crippen LogP contribution in [0.15, 0.2) is 24.3 Å². The summed E-state index contributed by atoms with van der Waals surface area (Å²) in [5.74, 6) is -0.357. The van der Waals surface area contributed by atoms with Gasteiger partial charge in [0.1, 0.15) is 0 Å². The van der Waals surface area contributed by atoms with Crippen LogP contribution >= 0.6 is 0 Å². The van der Waals surface area contributed by atoms with Crippen molar-refractivity contribution in [2.75, 3.05) is 13.7 Å². The number of esters is 1. The monoisotopic (exact) mass is 395 g/mol. The van der Waals surface area contributed by atoms with Crippen molar-refractivity contribution in [2.45, 2.75) is 66.2 Å². The first-order valence-corrected chi connectivity index (χ1v) is 10.3. The van der Waals surface area contributed by atoms with E-state index in [9.17, 15) is 4.79 Å². The number of carbonyl (C=O) groups excluding carboxylic acids is 1. The van der Waals surface area contributed by atoms with E-state index in [2.05, 4.69) is 50.4 Å². The Labute approximate surface area is 174 Å². The van der Waals surface area contributed by atoms with Gasteiger partial charge in [0.15, 0.2) is 6.10 Å². The Hall–Kier alpha value is -2.17. The fraction of sp³-hybridized carbons (Fsp3) is 0.480. The third-order valence-corrected chi connectivity index (χ3v) is 5.66. The van der Waals surface area contributed by atoms with Crippen LogP contribution in [0.5, 0.6) is 0 Å². The number of aryl methyl sites for hydroxylation is 1. The summed E-state index contributed by atoms with van der Waals surface area (Å²) in [7, 11) is 1.43. The van der Waals surface area contributed by atoms with E-state index < -0.39 is 11.7 Å². The molecule has 0 aromatic heterocycles. The summed E-state index contributed by atoms with van der Waals surface area (Å²) in [6.07, 6.45) is 0.183. The van der Waals surface area contributed by atoms with E-state index in [4.69, 9.17) is 9.47 Å². The van der Waals surface area contributed by atoms with Crippen LogP contribution in [-0.4, -0.2) is 25.2 Å². The van der Waals surface area contributed by atoms with Gasteiger partial charge in [0.25, 0.3) is 0 Å². The van der Waals surface area contributed by atoms with Crippen molar-refractivity contribution < 1.29 is 14.3 Å². The summed E-state index contributed by atoms with van der Waals surface area (Å²) in [6.45, 7) is 14.1. The SMILES string of the molecule is COC(=O)[C@@H](OC(C)(C)C)c1c(C)c2c(c(C)c1-c1ccc(C)cc1)CNCC2. The quantitative estimate of drug-likeness (QED) is 0.744. The molecule has 0 bridgehead atoms. The van der Waals surface area contributed by atoms with Gasteiger partial charge in [0.05, 0.1) is 12.7 Å². The van der Waals surface area contributed by atoms with E-state index in [0.717, 1.165) is 41.8 Å². The topological polar surface area (TPSA) is 47.6 Å². The highest BCUT2D eigenvalue weighted by molar-refractivity contribution is 5.85. The van der Waals surface area contributed by atoms with Crippen LogP contribution in [-0.2, 0) is 27.2 Å². The largest absolute Gasteiger partial charge is 0.467 e. The van der Waals surface area contributed by atoms with Crippen molar-refractivity contribution in [1.82, 2.24) is 5.32 Å². The average Bonchev–Trinajstić information content (AvgIpc) is 2.68. The van der Waals surface area contributed by atoms with Crippen LogP contribution in [0.3, 0.4) is 0 Å². The molecule has 1 atom stereocenters. The van der Waals surface area contributed by atoms with Crippen molar-refractivity contribution in [3.8, 4) is 11.1 Å². The van der Waals surface area contributed by atoms with Crippen molar-refractivity contribution >= 4 is 5.97 Å². The van der Waals surface area contributed by atoms with E-state index in [0.29, 0.717) is 0 Å². The fourth-order valence-corrected chi connectivity index (χ4v) is 4.27. The molecule has 0 spiro atoms. The molecule has 29 heavy (non-hydrogen) atoms. The van der Waals surface area contributed by atoms with Gasteiger partial charge in [-0.3, -0.25) is 0 Å². The Morgan fingerprint density at radius 1 is 1.03 bits per heavy atom. The molecule has 1 heterocycles. The summed E-state index contributed by atoms with van der Waals surface area (Å²) in [6, 6.07) is 8.50. The first-order valence-electron chi connectivity index (χ1n) is 10.3. The van der Waals surface area contributed by atoms with Gasteiger partial charge >= 0.3 is 5.97 Å². The number of benzene rings is 2. The highest BCUT2D eigenvalue weighted by Gasteiger charge is 2.34. The number of hydrogen-bond acceptors (Lipinski definition) is 4. The maximum Gasteiger partial charge on any atom is 0.339 e. The smallest absolute Gasteiger partial charge is 0.339 e. The molecule has 2 aromatic carbocycles. The van der Waals surface area contributed by atoms with E-state index >= 15 is 0 Å². The zero-order valence-electron chi connectivity index (χ0n) is 18.7. The second-order valence-corrected chi connectivity index (χ2v) is 8.92. The molecular formula is C25H33NO3. The van der Waals surface area contributed by atoms with Gasteiger partial charge in [0.2, 0.25) is 0 Å². The molecule has 0 aliphatic carbocycles. The highest BCUT2D eigenvalue weighted by atomic mass is 16.6. The van der Waals surface area contributed by atoms with Crippen molar-refractivity contribution in [2.24, 2.45) is 0 Å². The van der Waals surface area contributed by atoms with Gasteiger partial charge in [0, 0.05) is 12.1 Å². The number of hydrogen-bond donors (Lipinski definition) is 1. The Balaban J connectivity index is 2.34. The molecule has 2 aromatic rings. The summed E-state index contributed by atoms with van der Waals surface area (Å²) >= 11 is 0. The summed E-state index contributed by atoms with van der Waals surface area (Å²) in [5.41, 5.74) is 8.88. The molecule has 156 valence electrons. The lowest BCUT2D eigenvalue weighted by Crippen LogP contribution is -2.31. The normalized spacial score (nSPS) is 15.0. The number of methoxy groups -OCH3 is 1. The predicted molar refractivity (Wildman–Crippen MR) is 117 cm³/mol. The second kappa shape index (κ2) is 8.29. The number of carbonyl (C=O) groups is 1.